The van der Waals surface area contributed by atoms with Crippen LogP contribution in [0.25, 0.3) is 0 Å². The first-order chi connectivity index (χ1) is 9.92. The molecule has 0 saturated carbocycles. The SMILES string of the molecule is OC1(C(F)(F)F)NC(c2ccccc2)=NC2OCCCC21. The molecule has 0 aliphatic carbocycles. The molecule has 3 unspecified atom stereocenters. The van der Waals surface area contributed by atoms with E-state index in [1.807, 2.05) is 0 Å². The number of ether oxygens (including phenoxy) is 1. The number of hydrogen-bond acceptors (Lipinski definition) is 4. The monoisotopic (exact) mass is 300 g/mol. The number of aliphatic imine (C=N–C) groups is 1. The van der Waals surface area contributed by atoms with E-state index in [2.05, 4.69) is 10.3 Å². The van der Waals surface area contributed by atoms with Crippen LogP contribution in [0.15, 0.2) is 35.3 Å². The van der Waals surface area contributed by atoms with E-state index < -0.39 is 24.0 Å². The van der Waals surface area contributed by atoms with Crippen LogP contribution in [-0.4, -0.2) is 35.7 Å². The maximum atomic E-state index is 13.4. The van der Waals surface area contributed by atoms with E-state index in [-0.39, 0.29) is 12.3 Å². The van der Waals surface area contributed by atoms with E-state index in [1.165, 1.54) is 0 Å². The van der Waals surface area contributed by atoms with E-state index in [4.69, 9.17) is 4.74 Å². The van der Waals surface area contributed by atoms with E-state index >= 15 is 0 Å². The second kappa shape index (κ2) is 4.99. The van der Waals surface area contributed by atoms with Crippen LogP contribution in [0.2, 0.25) is 0 Å². The summed E-state index contributed by atoms with van der Waals surface area (Å²) in [6.45, 7) is 0.348. The van der Waals surface area contributed by atoms with Crippen LogP contribution in [0.5, 0.6) is 0 Å². The second-order valence-electron chi connectivity index (χ2n) is 5.24. The number of aliphatic hydroxyl groups is 1. The number of hydrogen-bond donors (Lipinski definition) is 2. The summed E-state index contributed by atoms with van der Waals surface area (Å²) >= 11 is 0. The summed E-state index contributed by atoms with van der Waals surface area (Å²) in [7, 11) is 0. The number of amidine groups is 1. The van der Waals surface area contributed by atoms with Crippen LogP contribution in [0, 0.1) is 5.92 Å². The molecule has 1 aromatic rings. The quantitative estimate of drug-likeness (QED) is 0.834. The minimum Gasteiger partial charge on any atom is -0.363 e. The Bertz CT molecular complexity index is 547. The van der Waals surface area contributed by atoms with Gasteiger partial charge in [-0.15, -0.1) is 0 Å². The van der Waals surface area contributed by atoms with Gasteiger partial charge in [0.1, 0.15) is 5.84 Å². The van der Waals surface area contributed by atoms with Crippen LogP contribution < -0.4 is 5.32 Å². The zero-order valence-electron chi connectivity index (χ0n) is 11.1. The smallest absolute Gasteiger partial charge is 0.363 e. The molecule has 2 N–H and O–H groups in total. The molecule has 4 nitrogen and oxygen atoms in total. The summed E-state index contributed by atoms with van der Waals surface area (Å²) in [6, 6.07) is 8.40. The molecule has 0 radical (unpaired) electrons. The van der Waals surface area contributed by atoms with Gasteiger partial charge >= 0.3 is 6.18 Å². The van der Waals surface area contributed by atoms with Crippen molar-refractivity contribution in [3.05, 3.63) is 35.9 Å². The topological polar surface area (TPSA) is 53.8 Å². The summed E-state index contributed by atoms with van der Waals surface area (Å²) < 4.78 is 45.4. The molecule has 21 heavy (non-hydrogen) atoms. The van der Waals surface area contributed by atoms with Gasteiger partial charge in [-0.1, -0.05) is 30.3 Å². The molecule has 2 aliphatic heterocycles. The molecule has 2 heterocycles. The Morgan fingerprint density at radius 3 is 2.67 bits per heavy atom. The highest BCUT2D eigenvalue weighted by Crippen LogP contribution is 2.43. The zero-order chi connectivity index (χ0) is 15.1. The Hall–Kier alpha value is -1.60. The number of rotatable bonds is 1. The van der Waals surface area contributed by atoms with Crippen LogP contribution in [0.3, 0.4) is 0 Å². The van der Waals surface area contributed by atoms with Gasteiger partial charge in [-0.25, -0.2) is 4.99 Å². The van der Waals surface area contributed by atoms with Crippen molar-refractivity contribution >= 4 is 5.84 Å². The molecule has 0 amide bonds. The minimum atomic E-state index is -4.81. The van der Waals surface area contributed by atoms with Crippen molar-refractivity contribution in [3.8, 4) is 0 Å². The maximum Gasteiger partial charge on any atom is 0.436 e. The van der Waals surface area contributed by atoms with E-state index in [9.17, 15) is 18.3 Å². The predicted molar refractivity (Wildman–Crippen MR) is 69.6 cm³/mol. The van der Waals surface area contributed by atoms with Crippen molar-refractivity contribution in [3.63, 3.8) is 0 Å². The number of alkyl halides is 3. The number of fused-ring (bicyclic) bond motifs is 1. The third-order valence-electron chi connectivity index (χ3n) is 3.87. The van der Waals surface area contributed by atoms with Gasteiger partial charge in [0.05, 0.1) is 5.92 Å². The zero-order valence-corrected chi connectivity index (χ0v) is 11.1. The van der Waals surface area contributed by atoms with Gasteiger partial charge in [-0.3, -0.25) is 0 Å². The average molecular weight is 300 g/mol. The molecule has 7 heteroatoms. The standard InChI is InChI=1S/C14H15F3N2O2/c15-14(16,17)13(20)10-7-4-8-21-12(10)18-11(19-13)9-5-2-1-3-6-9/h1-3,5-6,10,12,20H,4,7-8H2,(H,18,19). The van der Waals surface area contributed by atoms with Gasteiger partial charge in [-0.05, 0) is 12.8 Å². The van der Waals surface area contributed by atoms with Gasteiger partial charge < -0.3 is 15.2 Å². The molecular formula is C14H15F3N2O2. The van der Waals surface area contributed by atoms with Gasteiger partial charge in [0.15, 0.2) is 6.23 Å². The molecule has 1 saturated heterocycles. The van der Waals surface area contributed by atoms with Crippen molar-refractivity contribution in [1.82, 2.24) is 5.32 Å². The third kappa shape index (κ3) is 2.40. The van der Waals surface area contributed by atoms with Crippen LogP contribution in [0.1, 0.15) is 18.4 Å². The second-order valence-corrected chi connectivity index (χ2v) is 5.24. The van der Waals surface area contributed by atoms with Crippen molar-refractivity contribution in [2.24, 2.45) is 10.9 Å². The van der Waals surface area contributed by atoms with Crippen LogP contribution in [0.4, 0.5) is 13.2 Å². The van der Waals surface area contributed by atoms with Crippen molar-refractivity contribution in [1.29, 1.82) is 0 Å². The molecule has 1 aromatic carbocycles. The molecule has 3 rings (SSSR count). The Labute approximate surface area is 119 Å². The van der Waals surface area contributed by atoms with E-state index in [0.717, 1.165) is 0 Å². The Morgan fingerprint density at radius 2 is 2.00 bits per heavy atom. The van der Waals surface area contributed by atoms with Crippen molar-refractivity contribution in [2.75, 3.05) is 6.61 Å². The summed E-state index contributed by atoms with van der Waals surface area (Å²) in [5, 5.41) is 12.4. The predicted octanol–water partition coefficient (Wildman–Crippen LogP) is 2.04. The van der Waals surface area contributed by atoms with Crippen molar-refractivity contribution in [2.45, 2.75) is 31.0 Å². The summed E-state index contributed by atoms with van der Waals surface area (Å²) in [6.07, 6.45) is -5.12. The lowest BCUT2D eigenvalue weighted by Gasteiger charge is -2.46. The largest absolute Gasteiger partial charge is 0.436 e. The van der Waals surface area contributed by atoms with Gasteiger partial charge in [0.25, 0.3) is 0 Å². The molecule has 0 spiro atoms. The minimum absolute atomic E-state index is 0.00132. The molecule has 0 aromatic heterocycles. The number of halogens is 3. The highest BCUT2D eigenvalue weighted by Gasteiger charge is 2.63. The first-order valence-corrected chi connectivity index (χ1v) is 6.74. The summed E-state index contributed by atoms with van der Waals surface area (Å²) in [5.41, 5.74) is -2.54. The highest BCUT2D eigenvalue weighted by molar-refractivity contribution is 5.99. The fourth-order valence-corrected chi connectivity index (χ4v) is 2.77. The molecule has 1 fully saturated rings. The fraction of sp³-hybridized carbons (Fsp3) is 0.500. The Morgan fingerprint density at radius 1 is 1.29 bits per heavy atom. The normalized spacial score (nSPS) is 32.9. The van der Waals surface area contributed by atoms with Crippen LogP contribution >= 0.6 is 0 Å². The molecular weight excluding hydrogens is 285 g/mol. The van der Waals surface area contributed by atoms with Crippen molar-refractivity contribution < 1.29 is 23.0 Å². The molecule has 0 bridgehead atoms. The highest BCUT2D eigenvalue weighted by atomic mass is 19.4. The molecule has 114 valence electrons. The molecule has 3 atom stereocenters. The Balaban J connectivity index is 2.03. The Kier molecular flexibility index (Phi) is 3.41. The lowest BCUT2D eigenvalue weighted by atomic mass is 9.85. The van der Waals surface area contributed by atoms with Gasteiger partial charge in [0, 0.05) is 12.2 Å². The fourth-order valence-electron chi connectivity index (χ4n) is 2.77. The summed E-state index contributed by atoms with van der Waals surface area (Å²) in [5.74, 6) is -1.14. The first-order valence-electron chi connectivity index (χ1n) is 6.74. The number of benzene rings is 1. The first kappa shape index (κ1) is 14.3. The maximum absolute atomic E-state index is 13.4. The van der Waals surface area contributed by atoms with Crippen LogP contribution in [-0.2, 0) is 4.74 Å². The van der Waals surface area contributed by atoms with Gasteiger partial charge in [0.2, 0.25) is 5.72 Å². The summed E-state index contributed by atoms with van der Waals surface area (Å²) in [4.78, 5) is 4.21. The lowest BCUT2D eigenvalue weighted by Crippen LogP contribution is -2.69. The number of nitrogens with one attached hydrogen (secondary N) is 1. The number of nitrogens with zero attached hydrogens (tertiary/aromatic N) is 1. The average Bonchev–Trinajstić information content (AvgIpc) is 2.47. The lowest BCUT2D eigenvalue weighted by molar-refractivity contribution is -0.305. The third-order valence-corrected chi connectivity index (χ3v) is 3.87. The van der Waals surface area contributed by atoms with E-state index in [1.54, 1.807) is 30.3 Å². The molecule has 2 aliphatic rings. The van der Waals surface area contributed by atoms with E-state index in [0.29, 0.717) is 18.6 Å². The van der Waals surface area contributed by atoms with Gasteiger partial charge in [-0.2, -0.15) is 13.2 Å².